The Morgan fingerprint density at radius 1 is 1.00 bits per heavy atom. The zero-order chi connectivity index (χ0) is 19.9. The first-order valence-electron chi connectivity index (χ1n) is 11.0. The maximum absolute atomic E-state index is 6.26. The molecule has 0 amide bonds. The summed E-state index contributed by atoms with van der Waals surface area (Å²) in [6.45, 7) is 6.96. The maximum atomic E-state index is 6.26. The van der Waals surface area contributed by atoms with E-state index in [0.29, 0.717) is 19.2 Å². The predicted octanol–water partition coefficient (Wildman–Crippen LogP) is 3.48. The molecule has 4 rings (SSSR count). The van der Waals surface area contributed by atoms with Gasteiger partial charge in [-0.3, -0.25) is 9.89 Å². The van der Waals surface area contributed by atoms with Crippen LogP contribution in [0.15, 0.2) is 23.2 Å². The van der Waals surface area contributed by atoms with Crippen molar-refractivity contribution in [1.29, 1.82) is 0 Å². The van der Waals surface area contributed by atoms with E-state index in [1.807, 2.05) is 18.2 Å². The fraction of sp³-hybridized carbons (Fsp3) is 0.682. The van der Waals surface area contributed by atoms with Crippen molar-refractivity contribution in [2.75, 3.05) is 57.9 Å². The van der Waals surface area contributed by atoms with Crippen molar-refractivity contribution in [3.8, 4) is 11.5 Å². The van der Waals surface area contributed by atoms with Gasteiger partial charge in [0.15, 0.2) is 17.5 Å². The second kappa shape index (κ2) is 11.4. The van der Waals surface area contributed by atoms with Crippen LogP contribution in [0.25, 0.3) is 0 Å². The van der Waals surface area contributed by atoms with Crippen molar-refractivity contribution in [2.45, 2.75) is 38.5 Å². The largest absolute Gasteiger partial charge is 0.490 e. The quantitative estimate of drug-likeness (QED) is 0.345. The van der Waals surface area contributed by atoms with Gasteiger partial charge in [0, 0.05) is 49.8 Å². The van der Waals surface area contributed by atoms with Gasteiger partial charge in [0.25, 0.3) is 0 Å². The Hall–Kier alpha value is -1.26. The van der Waals surface area contributed by atoms with Crippen molar-refractivity contribution < 1.29 is 14.2 Å². The minimum absolute atomic E-state index is 0. The zero-order valence-electron chi connectivity index (χ0n) is 17.7. The van der Waals surface area contributed by atoms with Crippen LogP contribution in [0.2, 0.25) is 0 Å². The van der Waals surface area contributed by atoms with E-state index in [0.717, 1.165) is 63.0 Å². The zero-order valence-corrected chi connectivity index (χ0v) is 20.1. The summed E-state index contributed by atoms with van der Waals surface area (Å²) < 4.78 is 17.0. The van der Waals surface area contributed by atoms with Crippen molar-refractivity contribution in [2.24, 2.45) is 16.1 Å². The molecule has 1 saturated carbocycles. The lowest BCUT2D eigenvalue weighted by Crippen LogP contribution is -2.46. The summed E-state index contributed by atoms with van der Waals surface area (Å²) in [6, 6.07) is 5.82. The number of benzene rings is 1. The van der Waals surface area contributed by atoms with E-state index in [9.17, 15) is 0 Å². The van der Waals surface area contributed by atoms with Crippen LogP contribution in [0, 0.1) is 5.41 Å². The number of aliphatic imine (C=N–C) groups is 1. The van der Waals surface area contributed by atoms with E-state index in [4.69, 9.17) is 24.9 Å². The minimum Gasteiger partial charge on any atom is -0.490 e. The van der Waals surface area contributed by atoms with Crippen LogP contribution in [-0.2, 0) is 4.74 Å². The van der Waals surface area contributed by atoms with Crippen molar-refractivity contribution in [3.05, 3.63) is 18.2 Å². The lowest BCUT2D eigenvalue weighted by atomic mass is 9.73. The Balaban J connectivity index is 0.00000256. The first-order chi connectivity index (χ1) is 14.2. The molecule has 0 bridgehead atoms. The van der Waals surface area contributed by atoms with Gasteiger partial charge >= 0.3 is 0 Å². The smallest absolute Gasteiger partial charge is 0.193 e. The number of guanidine groups is 1. The van der Waals surface area contributed by atoms with Gasteiger partial charge in [-0.1, -0.05) is 19.3 Å². The normalized spacial score (nSPS) is 21.9. The van der Waals surface area contributed by atoms with E-state index in [1.54, 1.807) is 0 Å². The van der Waals surface area contributed by atoms with Gasteiger partial charge in [0.05, 0.1) is 26.4 Å². The Labute approximate surface area is 196 Å². The highest BCUT2D eigenvalue weighted by molar-refractivity contribution is 14.0. The molecule has 0 unspecified atom stereocenters. The van der Waals surface area contributed by atoms with Gasteiger partial charge in [-0.05, 0) is 25.0 Å². The van der Waals surface area contributed by atoms with Gasteiger partial charge in [-0.25, -0.2) is 0 Å². The standard InChI is InChI=1S/C22H34N4O3.HI/c23-21(25-18-5-6-19-20(15-18)29-12-4-11-28-19)24-16-22(7-2-1-3-8-22)17-26-9-13-27-14-10-26;/h5-6,15H,1-4,7-14,16-17H2,(H3,23,24,25);1H. The second-order valence-corrected chi connectivity index (χ2v) is 8.49. The predicted molar refractivity (Wildman–Crippen MR) is 130 cm³/mol. The monoisotopic (exact) mass is 530 g/mol. The molecule has 1 aromatic carbocycles. The molecule has 8 heteroatoms. The van der Waals surface area contributed by atoms with Crippen molar-refractivity contribution >= 4 is 35.6 Å². The molecule has 1 aromatic rings. The summed E-state index contributed by atoms with van der Waals surface area (Å²) in [5, 5.41) is 3.23. The molecule has 0 aromatic heterocycles. The van der Waals surface area contributed by atoms with Gasteiger partial charge in [0.1, 0.15) is 0 Å². The fourth-order valence-corrected chi connectivity index (χ4v) is 4.58. The average molecular weight is 530 g/mol. The molecule has 3 N–H and O–H groups in total. The first kappa shape index (κ1) is 23.4. The summed E-state index contributed by atoms with van der Waals surface area (Å²) in [5.41, 5.74) is 7.36. The summed E-state index contributed by atoms with van der Waals surface area (Å²) in [5.74, 6) is 2.01. The highest BCUT2D eigenvalue weighted by atomic mass is 127. The molecule has 0 atom stereocenters. The number of nitrogens with two attached hydrogens (primary N) is 1. The van der Waals surface area contributed by atoms with E-state index >= 15 is 0 Å². The average Bonchev–Trinajstić information content (AvgIpc) is 2.99. The molecular weight excluding hydrogens is 495 g/mol. The first-order valence-corrected chi connectivity index (χ1v) is 11.0. The number of rotatable bonds is 5. The van der Waals surface area contributed by atoms with Gasteiger partial charge < -0.3 is 25.3 Å². The summed E-state index contributed by atoms with van der Waals surface area (Å²) in [6.07, 6.45) is 7.26. The summed E-state index contributed by atoms with van der Waals surface area (Å²) in [7, 11) is 0. The maximum Gasteiger partial charge on any atom is 0.193 e. The van der Waals surface area contributed by atoms with Gasteiger partial charge in [-0.15, -0.1) is 24.0 Å². The number of hydrogen-bond donors (Lipinski definition) is 2. The molecule has 1 aliphatic carbocycles. The Morgan fingerprint density at radius 3 is 2.50 bits per heavy atom. The number of halogens is 1. The van der Waals surface area contributed by atoms with Crippen LogP contribution >= 0.6 is 24.0 Å². The lowest BCUT2D eigenvalue weighted by molar-refractivity contribution is 0.00940. The van der Waals surface area contributed by atoms with Gasteiger partial charge in [0.2, 0.25) is 0 Å². The van der Waals surface area contributed by atoms with Crippen LogP contribution in [0.1, 0.15) is 38.5 Å². The summed E-state index contributed by atoms with van der Waals surface area (Å²) in [4.78, 5) is 7.30. The highest BCUT2D eigenvalue weighted by Gasteiger charge is 2.34. The molecule has 168 valence electrons. The summed E-state index contributed by atoms with van der Waals surface area (Å²) >= 11 is 0. The topological polar surface area (TPSA) is 81.3 Å². The SMILES string of the molecule is I.NC(=NCC1(CN2CCOCC2)CCCCC1)Nc1ccc2c(c1)OCCCO2. The number of fused-ring (bicyclic) bond motifs is 1. The van der Waals surface area contributed by atoms with Gasteiger partial charge in [-0.2, -0.15) is 0 Å². The van der Waals surface area contributed by atoms with Crippen molar-refractivity contribution in [1.82, 2.24) is 4.90 Å². The van der Waals surface area contributed by atoms with Crippen LogP contribution < -0.4 is 20.5 Å². The van der Waals surface area contributed by atoms with E-state index in [1.165, 1.54) is 32.1 Å². The second-order valence-electron chi connectivity index (χ2n) is 8.49. The molecule has 0 radical (unpaired) electrons. The fourth-order valence-electron chi connectivity index (χ4n) is 4.58. The van der Waals surface area contributed by atoms with Crippen LogP contribution in [0.3, 0.4) is 0 Å². The third-order valence-electron chi connectivity index (χ3n) is 6.18. The molecule has 7 nitrogen and oxygen atoms in total. The number of nitrogens with zero attached hydrogens (tertiary/aromatic N) is 2. The van der Waals surface area contributed by atoms with Crippen LogP contribution in [-0.4, -0.2) is 63.5 Å². The third kappa shape index (κ3) is 6.37. The Kier molecular flexibility index (Phi) is 8.88. The van der Waals surface area contributed by atoms with E-state index in [-0.39, 0.29) is 29.4 Å². The molecule has 0 spiro atoms. The molecule has 2 heterocycles. The molecule has 2 fully saturated rings. The van der Waals surface area contributed by atoms with Crippen molar-refractivity contribution in [3.63, 3.8) is 0 Å². The van der Waals surface area contributed by atoms with Crippen LogP contribution in [0.4, 0.5) is 5.69 Å². The van der Waals surface area contributed by atoms with E-state index in [2.05, 4.69) is 10.2 Å². The number of ether oxygens (including phenoxy) is 3. The molecular formula is C22H35IN4O3. The number of hydrogen-bond acceptors (Lipinski definition) is 5. The lowest BCUT2D eigenvalue weighted by Gasteiger charge is -2.41. The Morgan fingerprint density at radius 2 is 1.73 bits per heavy atom. The molecule has 1 saturated heterocycles. The number of anilines is 1. The molecule has 3 aliphatic rings. The number of morpholine rings is 1. The Bertz CT molecular complexity index is 704. The minimum atomic E-state index is 0. The third-order valence-corrected chi connectivity index (χ3v) is 6.18. The number of nitrogens with one attached hydrogen (secondary N) is 1. The highest BCUT2D eigenvalue weighted by Crippen LogP contribution is 2.38. The van der Waals surface area contributed by atoms with E-state index < -0.39 is 0 Å². The van der Waals surface area contributed by atoms with Crippen LogP contribution in [0.5, 0.6) is 11.5 Å². The molecule has 2 aliphatic heterocycles. The molecule has 30 heavy (non-hydrogen) atoms.